The van der Waals surface area contributed by atoms with Crippen LogP contribution in [-0.2, 0) is 4.79 Å². The number of aliphatic imine (C=N–C) groups is 1. The summed E-state index contributed by atoms with van der Waals surface area (Å²) in [5.74, 6) is 0.437. The summed E-state index contributed by atoms with van der Waals surface area (Å²) in [6, 6.07) is 8.69. The number of hydrogen-bond acceptors (Lipinski definition) is 8. The smallest absolute Gasteiger partial charge is 0.403 e. The van der Waals surface area contributed by atoms with Gasteiger partial charge in [0.05, 0.1) is 35.2 Å². The first kappa shape index (κ1) is 33.8. The number of allylic oxidation sites excluding steroid dienone is 2. The summed E-state index contributed by atoms with van der Waals surface area (Å²) in [4.78, 5) is 38.0. The van der Waals surface area contributed by atoms with Gasteiger partial charge in [0.25, 0.3) is 5.56 Å². The van der Waals surface area contributed by atoms with Gasteiger partial charge in [-0.3, -0.25) is 24.1 Å². The second-order valence-electron chi connectivity index (χ2n) is 10.2. The van der Waals surface area contributed by atoms with Gasteiger partial charge in [-0.2, -0.15) is 13.2 Å². The monoisotopic (exact) mass is 630 g/mol. The number of benzene rings is 1. The molecular formula is C30H34ClF3N8O2. The molecule has 2 aromatic heterocycles. The summed E-state index contributed by atoms with van der Waals surface area (Å²) in [5.41, 5.74) is 11.7. The number of alkyl halides is 3. The Balaban J connectivity index is 2.07. The number of nitrogens with two attached hydrogens (primary N) is 2. The van der Waals surface area contributed by atoms with Crippen molar-refractivity contribution in [1.82, 2.24) is 19.9 Å². The highest BCUT2D eigenvalue weighted by atomic mass is 35.5. The maximum atomic E-state index is 13.6. The van der Waals surface area contributed by atoms with Crippen LogP contribution in [0.2, 0.25) is 5.02 Å². The van der Waals surface area contributed by atoms with Crippen LogP contribution in [0.5, 0.6) is 0 Å². The molecule has 0 bridgehead atoms. The standard InChI is InChI=1S/C30H34ClF3N8O2/c1-18(2)5-4-6-26(24-11-19(9-10-38-24)29(37-3)25(14-35)41-17-43)42-16-40-23(13-28(42)44)21-12-20(31)7-8-22(21)39-15-27(36)30(32,33)34/h7-18,26,39H,4-6,35-36H2,1-3H3,(H,41,43)/b25-14?,27-15-,37-29?. The first-order valence-corrected chi connectivity index (χ1v) is 14.0. The SMILES string of the molecule is CN=C(C(=CN)NC=O)c1ccnc(C(CCCC(C)C)n2cnc(-c3cc(Cl)ccc3N/C=C(\N)C(F)(F)F)cc2=O)c1. The molecule has 0 aliphatic rings. The molecule has 0 aliphatic heterocycles. The van der Waals surface area contributed by atoms with Crippen molar-refractivity contribution in [3.05, 3.63) is 99.4 Å². The van der Waals surface area contributed by atoms with E-state index in [-0.39, 0.29) is 11.4 Å². The number of nitrogens with one attached hydrogen (secondary N) is 2. The van der Waals surface area contributed by atoms with E-state index in [0.717, 1.165) is 12.8 Å². The van der Waals surface area contributed by atoms with Gasteiger partial charge in [-0.05, 0) is 42.7 Å². The topological polar surface area (TPSA) is 153 Å². The number of halogens is 4. The fraction of sp³-hybridized carbons (Fsp3) is 0.300. The van der Waals surface area contributed by atoms with Crippen molar-refractivity contribution < 1.29 is 18.0 Å². The van der Waals surface area contributed by atoms with Crippen molar-refractivity contribution in [2.75, 3.05) is 12.4 Å². The van der Waals surface area contributed by atoms with E-state index in [1.807, 2.05) is 0 Å². The molecule has 6 N–H and O–H groups in total. The maximum Gasteiger partial charge on any atom is 0.432 e. The Morgan fingerprint density at radius 3 is 2.52 bits per heavy atom. The van der Waals surface area contributed by atoms with Gasteiger partial charge in [-0.15, -0.1) is 0 Å². The largest absolute Gasteiger partial charge is 0.432 e. The zero-order valence-electron chi connectivity index (χ0n) is 24.4. The van der Waals surface area contributed by atoms with Crippen LogP contribution in [0.1, 0.15) is 50.4 Å². The first-order valence-electron chi connectivity index (χ1n) is 13.6. The zero-order chi connectivity index (χ0) is 32.4. The summed E-state index contributed by atoms with van der Waals surface area (Å²) in [7, 11) is 1.56. The van der Waals surface area contributed by atoms with Crippen molar-refractivity contribution >= 4 is 29.4 Å². The van der Waals surface area contributed by atoms with E-state index in [2.05, 4.69) is 39.4 Å². The predicted molar refractivity (Wildman–Crippen MR) is 166 cm³/mol. The predicted octanol–water partition coefficient (Wildman–Crippen LogP) is 5.11. The fourth-order valence-corrected chi connectivity index (χ4v) is 4.65. The Bertz CT molecular complexity index is 1620. The lowest BCUT2D eigenvalue weighted by Gasteiger charge is -2.21. The van der Waals surface area contributed by atoms with Crippen LogP contribution in [0.4, 0.5) is 18.9 Å². The van der Waals surface area contributed by atoms with Crippen LogP contribution in [-0.4, -0.2) is 39.9 Å². The highest BCUT2D eigenvalue weighted by molar-refractivity contribution is 6.31. The molecule has 0 aliphatic carbocycles. The number of hydrogen-bond donors (Lipinski definition) is 4. The number of carbonyl (C=O) groups excluding carboxylic acids is 1. The third-order valence-electron chi connectivity index (χ3n) is 6.65. The number of carbonyl (C=O) groups is 1. The summed E-state index contributed by atoms with van der Waals surface area (Å²) in [6.45, 7) is 4.21. The molecule has 0 fully saturated rings. The molecule has 1 amide bonds. The molecule has 0 spiro atoms. The highest BCUT2D eigenvalue weighted by Gasteiger charge is 2.31. The lowest BCUT2D eigenvalue weighted by atomic mass is 9.98. The van der Waals surface area contributed by atoms with Gasteiger partial charge in [0, 0.05) is 53.5 Å². The minimum atomic E-state index is -4.72. The number of anilines is 1. The minimum absolute atomic E-state index is 0.191. The van der Waals surface area contributed by atoms with E-state index < -0.39 is 23.5 Å². The van der Waals surface area contributed by atoms with Gasteiger partial charge in [0.2, 0.25) is 6.41 Å². The van der Waals surface area contributed by atoms with Crippen molar-refractivity contribution in [2.45, 2.75) is 45.3 Å². The normalized spacial score (nSPS) is 13.6. The molecule has 3 rings (SSSR count). The Hall–Kier alpha value is -4.65. The van der Waals surface area contributed by atoms with Gasteiger partial charge in [0.1, 0.15) is 5.70 Å². The van der Waals surface area contributed by atoms with Gasteiger partial charge in [-0.25, -0.2) is 4.98 Å². The molecule has 2 heterocycles. The molecule has 1 unspecified atom stereocenters. The van der Waals surface area contributed by atoms with Gasteiger partial charge < -0.3 is 22.1 Å². The molecule has 44 heavy (non-hydrogen) atoms. The van der Waals surface area contributed by atoms with Crippen LogP contribution < -0.4 is 27.7 Å². The molecule has 0 saturated carbocycles. The van der Waals surface area contributed by atoms with E-state index in [1.54, 1.807) is 25.4 Å². The molecule has 0 saturated heterocycles. The van der Waals surface area contributed by atoms with E-state index in [9.17, 15) is 22.8 Å². The lowest BCUT2D eigenvalue weighted by Crippen LogP contribution is -2.27. The fourth-order valence-electron chi connectivity index (χ4n) is 4.47. The van der Waals surface area contributed by atoms with E-state index in [4.69, 9.17) is 23.1 Å². The van der Waals surface area contributed by atoms with Crippen LogP contribution in [0, 0.1) is 5.92 Å². The maximum absolute atomic E-state index is 13.6. The van der Waals surface area contributed by atoms with Crippen LogP contribution in [0.15, 0.2) is 82.5 Å². The van der Waals surface area contributed by atoms with Crippen molar-refractivity contribution in [3.8, 4) is 11.3 Å². The summed E-state index contributed by atoms with van der Waals surface area (Å²) in [5, 5.41) is 5.36. The molecule has 1 atom stereocenters. The van der Waals surface area contributed by atoms with Crippen LogP contribution in [0.25, 0.3) is 11.3 Å². The van der Waals surface area contributed by atoms with Gasteiger partial charge in [-0.1, -0.05) is 38.3 Å². The number of aromatic nitrogens is 3. The van der Waals surface area contributed by atoms with E-state index in [0.29, 0.717) is 58.2 Å². The average molecular weight is 631 g/mol. The molecule has 10 nitrogen and oxygen atoms in total. The molecule has 14 heteroatoms. The lowest BCUT2D eigenvalue weighted by molar-refractivity contribution is -0.108. The van der Waals surface area contributed by atoms with Crippen LogP contribution >= 0.6 is 11.6 Å². The summed E-state index contributed by atoms with van der Waals surface area (Å²) in [6.07, 6.45) is 2.85. The minimum Gasteiger partial charge on any atom is -0.403 e. The first-order chi connectivity index (χ1) is 20.9. The summed E-state index contributed by atoms with van der Waals surface area (Å²) >= 11 is 6.18. The second kappa shape index (κ2) is 15.2. The quantitative estimate of drug-likeness (QED) is 0.151. The summed E-state index contributed by atoms with van der Waals surface area (Å²) < 4.78 is 40.2. The second-order valence-corrected chi connectivity index (χ2v) is 10.6. The van der Waals surface area contributed by atoms with E-state index in [1.165, 1.54) is 41.4 Å². The molecule has 1 aromatic carbocycles. The van der Waals surface area contributed by atoms with Crippen molar-refractivity contribution in [3.63, 3.8) is 0 Å². The molecule has 234 valence electrons. The molecular weight excluding hydrogens is 597 g/mol. The van der Waals surface area contributed by atoms with Crippen LogP contribution in [0.3, 0.4) is 0 Å². The van der Waals surface area contributed by atoms with E-state index >= 15 is 0 Å². The highest BCUT2D eigenvalue weighted by Crippen LogP contribution is 2.31. The van der Waals surface area contributed by atoms with Crippen molar-refractivity contribution in [2.24, 2.45) is 22.4 Å². The molecule has 0 radical (unpaired) electrons. The van der Waals surface area contributed by atoms with Gasteiger partial charge in [0.15, 0.2) is 0 Å². The number of amides is 1. The molecule has 3 aromatic rings. The van der Waals surface area contributed by atoms with Gasteiger partial charge >= 0.3 is 6.18 Å². The number of rotatable bonds is 13. The third-order valence-corrected chi connectivity index (χ3v) is 6.89. The number of pyridine rings is 1. The average Bonchev–Trinajstić information content (AvgIpc) is 2.98. The zero-order valence-corrected chi connectivity index (χ0v) is 25.2. The Kier molecular flexibility index (Phi) is 11.7. The Morgan fingerprint density at radius 2 is 1.91 bits per heavy atom. The Morgan fingerprint density at radius 1 is 1.16 bits per heavy atom. The number of nitrogens with zero attached hydrogens (tertiary/aromatic N) is 4. The Labute approximate surface area is 257 Å². The van der Waals surface area contributed by atoms with Crippen molar-refractivity contribution in [1.29, 1.82) is 0 Å². The third kappa shape index (κ3) is 8.69.